The zero-order valence-corrected chi connectivity index (χ0v) is 22.4. The van der Waals surface area contributed by atoms with Gasteiger partial charge < -0.3 is 19.9 Å². The monoisotopic (exact) mass is 535 g/mol. The zero-order valence-electron chi connectivity index (χ0n) is 22.4. The fourth-order valence-corrected chi connectivity index (χ4v) is 5.00. The van der Waals surface area contributed by atoms with Crippen LogP contribution < -0.4 is 10.6 Å². The van der Waals surface area contributed by atoms with Gasteiger partial charge in [-0.2, -0.15) is 0 Å². The lowest BCUT2D eigenvalue weighted by Crippen LogP contribution is -2.64. The van der Waals surface area contributed by atoms with Crippen molar-refractivity contribution in [2.45, 2.75) is 57.1 Å². The molecular weight excluding hydrogens is 501 g/mol. The second-order valence-corrected chi connectivity index (χ2v) is 10.5. The van der Waals surface area contributed by atoms with Crippen molar-refractivity contribution < 1.29 is 28.5 Å². The number of amides is 1. The minimum atomic E-state index is -1.21. The van der Waals surface area contributed by atoms with Gasteiger partial charge in [-0.1, -0.05) is 44.2 Å². The zero-order chi connectivity index (χ0) is 27.9. The van der Waals surface area contributed by atoms with Gasteiger partial charge in [0, 0.05) is 37.7 Å². The van der Waals surface area contributed by atoms with Gasteiger partial charge in [-0.3, -0.25) is 29.1 Å². The van der Waals surface area contributed by atoms with Crippen molar-refractivity contribution in [3.63, 3.8) is 0 Å². The van der Waals surface area contributed by atoms with Crippen LogP contribution in [0.25, 0.3) is 0 Å². The highest BCUT2D eigenvalue weighted by atomic mass is 16.6. The van der Waals surface area contributed by atoms with Crippen LogP contribution in [0.2, 0.25) is 5.82 Å². The molecule has 4 rings (SSSR count). The lowest BCUT2D eigenvalue weighted by molar-refractivity contribution is -0.156. The van der Waals surface area contributed by atoms with Gasteiger partial charge in [0.2, 0.25) is 0 Å². The Bertz CT molecular complexity index is 1140. The fraction of sp³-hybridized carbons (Fsp3) is 0.481. The number of nitrogens with one attached hydrogen (secondary N) is 2. The van der Waals surface area contributed by atoms with Gasteiger partial charge in [0.25, 0.3) is 5.91 Å². The molecule has 206 valence electrons. The molecule has 1 amide bonds. The lowest BCUT2D eigenvalue weighted by Gasteiger charge is -2.40. The van der Waals surface area contributed by atoms with Crippen LogP contribution in [0.1, 0.15) is 42.7 Å². The van der Waals surface area contributed by atoms with E-state index >= 15 is 0 Å². The highest BCUT2D eigenvalue weighted by Gasteiger charge is 2.48. The second-order valence-electron chi connectivity index (χ2n) is 10.5. The largest absolute Gasteiger partial charge is 0.602 e. The minimum absolute atomic E-state index is 0.0644. The number of likely N-dealkylation sites (N-methyl/N-ethyl adjacent to an activating group) is 1. The van der Waals surface area contributed by atoms with Gasteiger partial charge in [-0.25, -0.2) is 4.98 Å². The Kier molecular flexibility index (Phi) is 9.42. The standard InChI is InChI=1S/C27H34BN5O6/c1-17(2)11-19(28-38-26(36)22-15-30-16-23(33(22)3)27(37)39-28)13-24(34)20(12-18-7-5-4-6-8-18)32-25(35)21-14-29-9-10-31-21/h4-10,14,17,19-20,22-23,30H,11-13,15-16H2,1-3H3,(H,32,35)/t19-,20+,22-,23-/m1/s1. The Morgan fingerprint density at radius 1 is 1.10 bits per heavy atom. The van der Waals surface area contributed by atoms with E-state index in [0.717, 1.165) is 5.56 Å². The first-order chi connectivity index (χ1) is 18.7. The highest BCUT2D eigenvalue weighted by molar-refractivity contribution is 6.51. The summed E-state index contributed by atoms with van der Waals surface area (Å²) in [6, 6.07) is 7.20. The summed E-state index contributed by atoms with van der Waals surface area (Å²) in [7, 11) is 0.489. The number of Topliss-reactive ketones (excluding diaryl/α,β-unsaturated/α-hetero) is 1. The third-order valence-electron chi connectivity index (χ3n) is 7.06. The normalized spacial score (nSPS) is 21.3. The number of rotatable bonds is 10. The smallest absolute Gasteiger partial charge is 0.498 e. The van der Waals surface area contributed by atoms with Gasteiger partial charge in [-0.05, 0) is 31.4 Å². The number of fused-ring (bicyclic) bond motifs is 2. The molecule has 0 radical (unpaired) electrons. The van der Waals surface area contributed by atoms with E-state index in [1.807, 2.05) is 44.2 Å². The van der Waals surface area contributed by atoms with Gasteiger partial charge in [0.1, 0.15) is 17.8 Å². The number of ketones is 1. The van der Waals surface area contributed by atoms with Crippen LogP contribution in [-0.2, 0) is 30.1 Å². The SMILES string of the molecule is CC(C)C[C@H](CC(=O)[C@H](Cc1ccccc1)NC(=O)c1cnccn1)B1OC(=O)[C@H]2CNC[C@H](C(=O)O1)N2C. The molecule has 0 unspecified atom stereocenters. The van der Waals surface area contributed by atoms with Gasteiger partial charge in [0.15, 0.2) is 5.78 Å². The van der Waals surface area contributed by atoms with Gasteiger partial charge in [0.05, 0.1) is 12.2 Å². The van der Waals surface area contributed by atoms with E-state index in [2.05, 4.69) is 20.6 Å². The van der Waals surface area contributed by atoms with E-state index in [-0.39, 0.29) is 30.2 Å². The molecule has 3 heterocycles. The Hall–Kier alpha value is -3.64. The Morgan fingerprint density at radius 2 is 1.77 bits per heavy atom. The molecule has 11 nitrogen and oxygen atoms in total. The average Bonchev–Trinajstić information content (AvgIpc) is 2.92. The van der Waals surface area contributed by atoms with Crippen LogP contribution in [0, 0.1) is 5.92 Å². The summed E-state index contributed by atoms with van der Waals surface area (Å²) in [5.41, 5.74) is 0.956. The van der Waals surface area contributed by atoms with E-state index in [0.29, 0.717) is 19.5 Å². The topological polar surface area (TPSA) is 140 Å². The number of hydrogen-bond acceptors (Lipinski definition) is 10. The molecule has 2 aliphatic heterocycles. The van der Waals surface area contributed by atoms with E-state index in [9.17, 15) is 19.2 Å². The summed E-state index contributed by atoms with van der Waals surface area (Å²) in [5.74, 6) is -2.28. The van der Waals surface area contributed by atoms with Crippen molar-refractivity contribution in [3.8, 4) is 0 Å². The predicted molar refractivity (Wildman–Crippen MR) is 142 cm³/mol. The number of carbonyl (C=O) groups excluding carboxylic acids is 4. The first-order valence-electron chi connectivity index (χ1n) is 13.2. The fourth-order valence-electron chi connectivity index (χ4n) is 5.00. The van der Waals surface area contributed by atoms with Gasteiger partial charge >= 0.3 is 19.1 Å². The Morgan fingerprint density at radius 3 is 2.36 bits per heavy atom. The van der Waals surface area contributed by atoms with Crippen molar-refractivity contribution in [2.24, 2.45) is 5.92 Å². The van der Waals surface area contributed by atoms with E-state index in [4.69, 9.17) is 9.31 Å². The molecule has 39 heavy (non-hydrogen) atoms. The average molecular weight is 535 g/mol. The molecule has 2 saturated heterocycles. The second kappa shape index (κ2) is 12.9. The summed E-state index contributed by atoms with van der Waals surface area (Å²) < 4.78 is 11.4. The summed E-state index contributed by atoms with van der Waals surface area (Å²) in [5, 5.41) is 5.88. The van der Waals surface area contributed by atoms with Crippen molar-refractivity contribution in [2.75, 3.05) is 20.1 Å². The van der Waals surface area contributed by atoms with Crippen molar-refractivity contribution >= 4 is 30.7 Å². The lowest BCUT2D eigenvalue weighted by atomic mass is 9.64. The molecule has 2 fully saturated rings. The molecule has 0 spiro atoms. The van der Waals surface area contributed by atoms with E-state index in [1.165, 1.54) is 18.6 Å². The molecule has 2 aliphatic rings. The molecule has 1 aromatic carbocycles. The molecule has 12 heteroatoms. The molecule has 4 atom stereocenters. The van der Waals surface area contributed by atoms with Crippen molar-refractivity contribution in [1.29, 1.82) is 0 Å². The molecule has 0 saturated carbocycles. The molecule has 1 aromatic heterocycles. The maximum Gasteiger partial charge on any atom is 0.602 e. The van der Waals surface area contributed by atoms with Crippen LogP contribution in [-0.4, -0.2) is 83.9 Å². The number of hydrogen-bond donors (Lipinski definition) is 2. The summed E-state index contributed by atoms with van der Waals surface area (Å²) >= 11 is 0. The number of carbonyl (C=O) groups is 4. The van der Waals surface area contributed by atoms with E-state index in [1.54, 1.807) is 11.9 Å². The molecule has 2 aromatic rings. The van der Waals surface area contributed by atoms with Crippen LogP contribution >= 0.6 is 0 Å². The maximum atomic E-state index is 13.8. The highest BCUT2D eigenvalue weighted by Crippen LogP contribution is 2.30. The van der Waals surface area contributed by atoms with Crippen LogP contribution in [0.3, 0.4) is 0 Å². The number of aromatic nitrogens is 2. The molecule has 2 N–H and O–H groups in total. The van der Waals surface area contributed by atoms with Gasteiger partial charge in [-0.15, -0.1) is 0 Å². The summed E-state index contributed by atoms with van der Waals surface area (Å²) in [6.07, 6.45) is 4.85. The molecular formula is C27H34BN5O6. The van der Waals surface area contributed by atoms with Crippen LogP contribution in [0.5, 0.6) is 0 Å². The Balaban J connectivity index is 1.56. The van der Waals surface area contributed by atoms with E-state index < -0.39 is 48.9 Å². The third kappa shape index (κ3) is 7.27. The first-order valence-corrected chi connectivity index (χ1v) is 13.2. The first kappa shape index (κ1) is 28.4. The quantitative estimate of drug-likeness (QED) is 0.425. The summed E-state index contributed by atoms with van der Waals surface area (Å²) in [4.78, 5) is 62.3. The Labute approximate surface area is 228 Å². The summed E-state index contributed by atoms with van der Waals surface area (Å²) in [6.45, 7) is 4.67. The third-order valence-corrected chi connectivity index (χ3v) is 7.06. The predicted octanol–water partition coefficient (Wildman–Crippen LogP) is 1.05. The molecule has 0 aliphatic carbocycles. The number of piperazine rings is 1. The van der Waals surface area contributed by atoms with Crippen LogP contribution in [0.15, 0.2) is 48.9 Å². The molecule has 2 bridgehead atoms. The maximum absolute atomic E-state index is 13.8. The van der Waals surface area contributed by atoms with Crippen molar-refractivity contribution in [3.05, 3.63) is 60.2 Å². The van der Waals surface area contributed by atoms with Crippen LogP contribution in [0.4, 0.5) is 0 Å². The number of benzene rings is 1. The minimum Gasteiger partial charge on any atom is -0.498 e. The van der Waals surface area contributed by atoms with Crippen molar-refractivity contribution in [1.82, 2.24) is 25.5 Å². The number of nitrogens with zero attached hydrogens (tertiary/aromatic N) is 3.